The maximum absolute atomic E-state index is 12.1. The highest BCUT2D eigenvalue weighted by Gasteiger charge is 2.21. The molecule has 2 rings (SSSR count). The predicted octanol–water partition coefficient (Wildman–Crippen LogP) is 1.70. The van der Waals surface area contributed by atoms with E-state index in [1.54, 1.807) is 6.08 Å². The molecule has 0 unspecified atom stereocenters. The van der Waals surface area contributed by atoms with E-state index in [1.807, 2.05) is 41.3 Å². The Morgan fingerprint density at radius 2 is 2.00 bits per heavy atom. The standard InChI is InChI=1S/C16H21NO3/c18-12-13-20-15-8-10-17(11-9-15)16(19)7-6-14-4-2-1-3-5-14/h1-7,15,18H,8-13H2/b7-6+. The number of aliphatic hydroxyl groups excluding tert-OH is 1. The second-order valence-electron chi connectivity index (χ2n) is 4.86. The minimum absolute atomic E-state index is 0.0504. The van der Waals surface area contributed by atoms with Crippen LogP contribution in [0.4, 0.5) is 0 Å². The molecule has 4 nitrogen and oxygen atoms in total. The summed E-state index contributed by atoms with van der Waals surface area (Å²) < 4.78 is 5.48. The zero-order chi connectivity index (χ0) is 14.2. The number of ether oxygens (including phenoxy) is 1. The van der Waals surface area contributed by atoms with Gasteiger partial charge < -0.3 is 14.7 Å². The van der Waals surface area contributed by atoms with E-state index in [0.717, 1.165) is 18.4 Å². The molecule has 0 radical (unpaired) electrons. The van der Waals surface area contributed by atoms with Crippen LogP contribution in [0.3, 0.4) is 0 Å². The van der Waals surface area contributed by atoms with Gasteiger partial charge in [0.25, 0.3) is 0 Å². The fourth-order valence-electron chi connectivity index (χ4n) is 2.30. The van der Waals surface area contributed by atoms with Crippen molar-refractivity contribution in [1.29, 1.82) is 0 Å². The lowest BCUT2D eigenvalue weighted by Gasteiger charge is -2.31. The Labute approximate surface area is 119 Å². The van der Waals surface area contributed by atoms with Gasteiger partial charge in [-0.3, -0.25) is 4.79 Å². The van der Waals surface area contributed by atoms with Gasteiger partial charge >= 0.3 is 0 Å². The molecule has 1 heterocycles. The van der Waals surface area contributed by atoms with Crippen LogP contribution in [-0.4, -0.2) is 48.3 Å². The number of amides is 1. The molecule has 1 aliphatic heterocycles. The fraction of sp³-hybridized carbons (Fsp3) is 0.438. The van der Waals surface area contributed by atoms with Gasteiger partial charge in [-0.1, -0.05) is 30.3 Å². The highest BCUT2D eigenvalue weighted by Crippen LogP contribution is 2.14. The number of rotatable bonds is 5. The first kappa shape index (κ1) is 14.8. The molecule has 1 aromatic carbocycles. The van der Waals surface area contributed by atoms with E-state index in [9.17, 15) is 4.79 Å². The van der Waals surface area contributed by atoms with Crippen LogP contribution in [0.5, 0.6) is 0 Å². The Hall–Kier alpha value is -1.65. The summed E-state index contributed by atoms with van der Waals surface area (Å²) in [5, 5.41) is 8.72. The molecule has 108 valence electrons. The first-order valence-electron chi connectivity index (χ1n) is 7.04. The lowest BCUT2D eigenvalue weighted by molar-refractivity contribution is -0.128. The highest BCUT2D eigenvalue weighted by atomic mass is 16.5. The van der Waals surface area contributed by atoms with E-state index in [1.165, 1.54) is 0 Å². The molecule has 0 bridgehead atoms. The lowest BCUT2D eigenvalue weighted by atomic mass is 10.1. The Morgan fingerprint density at radius 1 is 1.30 bits per heavy atom. The van der Waals surface area contributed by atoms with Crippen molar-refractivity contribution in [1.82, 2.24) is 4.90 Å². The third-order valence-corrected chi connectivity index (χ3v) is 3.42. The molecule has 0 aromatic heterocycles. The van der Waals surface area contributed by atoms with Crippen molar-refractivity contribution in [3.05, 3.63) is 42.0 Å². The zero-order valence-corrected chi connectivity index (χ0v) is 11.6. The van der Waals surface area contributed by atoms with Crippen LogP contribution >= 0.6 is 0 Å². The largest absolute Gasteiger partial charge is 0.394 e. The molecule has 4 heteroatoms. The van der Waals surface area contributed by atoms with Gasteiger partial charge in [0.15, 0.2) is 0 Å². The van der Waals surface area contributed by atoms with E-state index in [4.69, 9.17) is 9.84 Å². The number of carbonyl (C=O) groups excluding carboxylic acids is 1. The van der Waals surface area contributed by atoms with Crippen molar-refractivity contribution in [3.8, 4) is 0 Å². The summed E-state index contributed by atoms with van der Waals surface area (Å²) in [6, 6.07) is 9.80. The molecule has 0 atom stereocenters. The Morgan fingerprint density at radius 3 is 2.65 bits per heavy atom. The molecule has 0 spiro atoms. The maximum atomic E-state index is 12.1. The number of benzene rings is 1. The van der Waals surface area contributed by atoms with Gasteiger partial charge in [-0.2, -0.15) is 0 Å². The lowest BCUT2D eigenvalue weighted by Crippen LogP contribution is -2.40. The van der Waals surface area contributed by atoms with Gasteiger partial charge in [-0.15, -0.1) is 0 Å². The van der Waals surface area contributed by atoms with Gasteiger partial charge in [0.2, 0.25) is 5.91 Å². The number of carbonyl (C=O) groups is 1. The molecule has 20 heavy (non-hydrogen) atoms. The van der Waals surface area contributed by atoms with E-state index in [2.05, 4.69) is 0 Å². The first-order chi connectivity index (χ1) is 9.79. The summed E-state index contributed by atoms with van der Waals surface area (Å²) in [5.74, 6) is 0.0504. The fourth-order valence-corrected chi connectivity index (χ4v) is 2.30. The summed E-state index contributed by atoms with van der Waals surface area (Å²) in [5.41, 5.74) is 1.03. The summed E-state index contributed by atoms with van der Waals surface area (Å²) in [6.07, 6.45) is 5.32. The van der Waals surface area contributed by atoms with Crippen molar-refractivity contribution in [2.45, 2.75) is 18.9 Å². The van der Waals surface area contributed by atoms with Crippen LogP contribution in [0.2, 0.25) is 0 Å². The SMILES string of the molecule is O=C(/C=C/c1ccccc1)N1CCC(OCCO)CC1. The van der Waals surface area contributed by atoms with E-state index in [0.29, 0.717) is 19.7 Å². The van der Waals surface area contributed by atoms with Crippen molar-refractivity contribution in [2.24, 2.45) is 0 Å². The molecule has 1 aliphatic rings. The van der Waals surface area contributed by atoms with Gasteiger partial charge in [0.05, 0.1) is 19.3 Å². The van der Waals surface area contributed by atoms with Crippen molar-refractivity contribution >= 4 is 12.0 Å². The van der Waals surface area contributed by atoms with E-state index in [-0.39, 0.29) is 18.6 Å². The highest BCUT2D eigenvalue weighted by molar-refractivity contribution is 5.91. The predicted molar refractivity (Wildman–Crippen MR) is 78.1 cm³/mol. The zero-order valence-electron chi connectivity index (χ0n) is 11.6. The number of nitrogens with zero attached hydrogens (tertiary/aromatic N) is 1. The smallest absolute Gasteiger partial charge is 0.246 e. The van der Waals surface area contributed by atoms with Gasteiger partial charge in [0.1, 0.15) is 0 Å². The van der Waals surface area contributed by atoms with E-state index < -0.39 is 0 Å². The molecule has 1 N–H and O–H groups in total. The number of aliphatic hydroxyl groups is 1. The second kappa shape index (κ2) is 7.82. The van der Waals surface area contributed by atoms with Crippen LogP contribution in [0.15, 0.2) is 36.4 Å². The van der Waals surface area contributed by atoms with Gasteiger partial charge in [-0.05, 0) is 24.5 Å². The topological polar surface area (TPSA) is 49.8 Å². The van der Waals surface area contributed by atoms with Crippen LogP contribution in [-0.2, 0) is 9.53 Å². The minimum atomic E-state index is 0.0504. The van der Waals surface area contributed by atoms with Crippen molar-refractivity contribution in [2.75, 3.05) is 26.3 Å². The number of likely N-dealkylation sites (tertiary alicyclic amines) is 1. The molecule has 1 amide bonds. The molecule has 0 saturated carbocycles. The van der Waals surface area contributed by atoms with Gasteiger partial charge in [-0.25, -0.2) is 0 Å². The molecule has 1 fully saturated rings. The third kappa shape index (κ3) is 4.47. The Balaban J connectivity index is 1.79. The summed E-state index contributed by atoms with van der Waals surface area (Å²) >= 11 is 0. The summed E-state index contributed by atoms with van der Waals surface area (Å²) in [7, 11) is 0. The van der Waals surface area contributed by atoms with Crippen molar-refractivity contribution < 1.29 is 14.6 Å². The Bertz CT molecular complexity index is 436. The van der Waals surface area contributed by atoms with Crippen LogP contribution in [0.25, 0.3) is 6.08 Å². The summed E-state index contributed by atoms with van der Waals surface area (Å²) in [6.45, 7) is 1.87. The van der Waals surface area contributed by atoms with Crippen LogP contribution in [0.1, 0.15) is 18.4 Å². The second-order valence-corrected chi connectivity index (χ2v) is 4.86. The monoisotopic (exact) mass is 275 g/mol. The van der Waals surface area contributed by atoms with Crippen molar-refractivity contribution in [3.63, 3.8) is 0 Å². The third-order valence-electron chi connectivity index (χ3n) is 3.42. The average molecular weight is 275 g/mol. The molecular formula is C16H21NO3. The molecule has 0 aliphatic carbocycles. The summed E-state index contributed by atoms with van der Waals surface area (Å²) in [4.78, 5) is 13.9. The normalized spacial score (nSPS) is 16.8. The number of hydrogen-bond acceptors (Lipinski definition) is 3. The number of hydrogen-bond donors (Lipinski definition) is 1. The molecule has 1 aromatic rings. The maximum Gasteiger partial charge on any atom is 0.246 e. The van der Waals surface area contributed by atoms with Gasteiger partial charge in [0, 0.05) is 19.2 Å². The molecule has 1 saturated heterocycles. The quantitative estimate of drug-likeness (QED) is 0.832. The first-order valence-corrected chi connectivity index (χ1v) is 7.04. The minimum Gasteiger partial charge on any atom is -0.394 e. The van der Waals surface area contributed by atoms with Crippen LogP contribution in [0, 0.1) is 0 Å². The van der Waals surface area contributed by atoms with E-state index >= 15 is 0 Å². The number of piperidine rings is 1. The average Bonchev–Trinajstić information content (AvgIpc) is 2.52. The van der Waals surface area contributed by atoms with Crippen LogP contribution < -0.4 is 0 Å². The Kier molecular flexibility index (Phi) is 5.77. The molecular weight excluding hydrogens is 254 g/mol.